The van der Waals surface area contributed by atoms with Gasteiger partial charge in [0.2, 0.25) is 11.8 Å². The number of aliphatic hydroxyl groups is 1. The second-order valence-electron chi connectivity index (χ2n) is 10.7. The molecule has 41 heavy (non-hydrogen) atoms. The van der Waals surface area contributed by atoms with Crippen molar-refractivity contribution < 1.29 is 32.6 Å². The number of nitrogens with one attached hydrogen (secondary N) is 1. The zero-order valence-electron chi connectivity index (χ0n) is 23.8. The van der Waals surface area contributed by atoms with E-state index in [0.29, 0.717) is 43.2 Å². The summed E-state index contributed by atoms with van der Waals surface area (Å²) in [4.78, 5) is 29.9. The van der Waals surface area contributed by atoms with Crippen molar-refractivity contribution in [3.05, 3.63) is 41.3 Å². The number of fused-ring (bicyclic) bond motifs is 1. The van der Waals surface area contributed by atoms with E-state index in [1.165, 1.54) is 11.4 Å². The Kier molecular flexibility index (Phi) is 10.8. The van der Waals surface area contributed by atoms with Gasteiger partial charge in [0.1, 0.15) is 16.1 Å². The van der Waals surface area contributed by atoms with E-state index >= 15 is 0 Å². The normalized spacial score (nSPS) is 21.4. The molecule has 2 N–H and O–H groups in total. The van der Waals surface area contributed by atoms with Crippen LogP contribution in [0.4, 0.5) is 5.69 Å². The average molecular weight is 609 g/mol. The van der Waals surface area contributed by atoms with Crippen molar-refractivity contribution in [2.24, 2.45) is 5.92 Å². The summed E-state index contributed by atoms with van der Waals surface area (Å²) in [6.07, 6.45) is -0.236. The van der Waals surface area contributed by atoms with Crippen LogP contribution in [0.1, 0.15) is 25.8 Å². The number of hydrogen-bond donors (Lipinski definition) is 2. The minimum Gasteiger partial charge on any atom is -0.488 e. The van der Waals surface area contributed by atoms with Gasteiger partial charge in [0.15, 0.2) is 0 Å². The Balaban J connectivity index is 1.55. The lowest BCUT2D eigenvalue weighted by atomic mass is 10.0. The van der Waals surface area contributed by atoms with Gasteiger partial charge in [0.05, 0.1) is 38.8 Å². The van der Waals surface area contributed by atoms with Gasteiger partial charge >= 0.3 is 0 Å². The number of thiophene rings is 1. The van der Waals surface area contributed by atoms with Gasteiger partial charge in [0.25, 0.3) is 10.0 Å². The molecule has 0 bridgehead atoms. The van der Waals surface area contributed by atoms with Crippen molar-refractivity contribution in [1.29, 1.82) is 0 Å². The zero-order valence-corrected chi connectivity index (χ0v) is 25.5. The van der Waals surface area contributed by atoms with E-state index < -0.39 is 22.2 Å². The Morgan fingerprint density at radius 2 is 2.02 bits per heavy atom. The fourth-order valence-electron chi connectivity index (χ4n) is 4.95. The minimum atomic E-state index is -3.71. The van der Waals surface area contributed by atoms with Crippen molar-refractivity contribution in [3.63, 3.8) is 0 Å². The maximum Gasteiger partial charge on any atom is 0.252 e. The van der Waals surface area contributed by atoms with Gasteiger partial charge in [-0.15, -0.1) is 11.3 Å². The molecule has 11 nitrogen and oxygen atoms in total. The van der Waals surface area contributed by atoms with E-state index in [1.807, 2.05) is 6.92 Å². The van der Waals surface area contributed by atoms with E-state index in [0.717, 1.165) is 24.4 Å². The highest BCUT2D eigenvalue weighted by molar-refractivity contribution is 7.91. The molecule has 1 aromatic heterocycles. The topological polar surface area (TPSA) is 129 Å². The average Bonchev–Trinajstić information content (AvgIpc) is 3.52. The largest absolute Gasteiger partial charge is 0.488 e. The smallest absolute Gasteiger partial charge is 0.252 e. The number of hydrogen-bond acceptors (Lipinski definition) is 9. The number of carbonyl (C=O) groups excluding carboxylic acids is 2. The SMILES string of the molecule is C[C@@H]1CN([C@@H](C)CO)C(=O)Cc2cc(NC(=O)CCN3CCOCC3)ccc2O[C@@H]1CN(C)S(=O)(=O)c1cccs1. The Hall–Kier alpha value is -2.55. The van der Waals surface area contributed by atoms with Gasteiger partial charge in [-0.05, 0) is 36.6 Å². The number of amides is 2. The summed E-state index contributed by atoms with van der Waals surface area (Å²) < 4.78 is 39.6. The van der Waals surface area contributed by atoms with Gasteiger partial charge in [-0.3, -0.25) is 14.5 Å². The Morgan fingerprint density at radius 3 is 2.71 bits per heavy atom. The van der Waals surface area contributed by atoms with E-state index in [1.54, 1.807) is 47.5 Å². The molecule has 0 unspecified atom stereocenters. The number of nitrogens with zero attached hydrogens (tertiary/aromatic N) is 3. The van der Waals surface area contributed by atoms with E-state index in [4.69, 9.17) is 9.47 Å². The number of sulfonamides is 1. The minimum absolute atomic E-state index is 0.0138. The molecule has 0 radical (unpaired) electrons. The molecular formula is C28H40N4O7S2. The first-order chi connectivity index (χ1) is 19.6. The third-order valence-electron chi connectivity index (χ3n) is 7.56. The Bertz CT molecular complexity index is 1280. The second kappa shape index (κ2) is 14.1. The van der Waals surface area contributed by atoms with E-state index in [9.17, 15) is 23.1 Å². The molecule has 2 aliphatic rings. The lowest BCUT2D eigenvalue weighted by Crippen LogP contribution is -2.48. The molecule has 0 spiro atoms. The van der Waals surface area contributed by atoms with Gasteiger partial charge in [0, 0.05) is 56.8 Å². The molecule has 0 aliphatic carbocycles. The van der Waals surface area contributed by atoms with Crippen molar-refractivity contribution in [3.8, 4) is 5.75 Å². The molecule has 0 saturated carbocycles. The first kappa shape index (κ1) is 31.4. The van der Waals surface area contributed by atoms with Crippen LogP contribution in [0.2, 0.25) is 0 Å². The van der Waals surface area contributed by atoms with Crippen LogP contribution >= 0.6 is 11.3 Å². The van der Waals surface area contributed by atoms with E-state index in [2.05, 4.69) is 10.2 Å². The van der Waals surface area contributed by atoms with Gasteiger partial charge in [-0.2, -0.15) is 4.31 Å². The molecule has 4 rings (SSSR count). The Labute approximate surface area is 246 Å². The number of morpholine rings is 1. The molecule has 1 fully saturated rings. The van der Waals surface area contributed by atoms with Crippen LogP contribution in [-0.2, 0) is 30.8 Å². The van der Waals surface area contributed by atoms with Crippen LogP contribution < -0.4 is 10.1 Å². The summed E-state index contributed by atoms with van der Waals surface area (Å²) in [6, 6.07) is 8.02. The highest BCUT2D eigenvalue weighted by Gasteiger charge is 2.33. The fourth-order valence-corrected chi connectivity index (χ4v) is 7.33. The molecule has 2 aromatic rings. The highest BCUT2D eigenvalue weighted by Crippen LogP contribution is 2.30. The summed E-state index contributed by atoms with van der Waals surface area (Å²) in [5.74, 6) is -0.102. The number of ether oxygens (including phenoxy) is 2. The molecule has 3 heterocycles. The fraction of sp³-hybridized carbons (Fsp3) is 0.571. The van der Waals surface area contributed by atoms with Gasteiger partial charge in [-0.1, -0.05) is 13.0 Å². The molecule has 226 valence electrons. The van der Waals surface area contributed by atoms with Crippen LogP contribution in [0.25, 0.3) is 0 Å². The quantitative estimate of drug-likeness (QED) is 0.419. The predicted molar refractivity (Wildman–Crippen MR) is 157 cm³/mol. The molecule has 2 aliphatic heterocycles. The summed E-state index contributed by atoms with van der Waals surface area (Å²) in [5.41, 5.74) is 1.13. The number of benzene rings is 1. The van der Waals surface area contributed by atoms with Crippen molar-refractivity contribution in [2.75, 3.05) is 64.9 Å². The summed E-state index contributed by atoms with van der Waals surface area (Å²) in [6.45, 7) is 7.42. The third-order valence-corrected chi connectivity index (χ3v) is 10.8. The van der Waals surface area contributed by atoms with Crippen molar-refractivity contribution in [1.82, 2.24) is 14.1 Å². The predicted octanol–water partition coefficient (Wildman–Crippen LogP) is 1.88. The van der Waals surface area contributed by atoms with Crippen LogP contribution in [0.5, 0.6) is 5.75 Å². The molecule has 1 saturated heterocycles. The zero-order chi connectivity index (χ0) is 29.6. The highest BCUT2D eigenvalue weighted by atomic mass is 32.2. The van der Waals surface area contributed by atoms with Gasteiger partial charge < -0.3 is 24.8 Å². The third kappa shape index (κ3) is 8.05. The number of anilines is 1. The molecule has 2 amide bonds. The van der Waals surface area contributed by atoms with Crippen molar-refractivity contribution in [2.45, 2.75) is 43.0 Å². The lowest BCUT2D eigenvalue weighted by Gasteiger charge is -2.33. The standard InChI is InChI=1S/C28H40N4O7S2/c1-20-17-32(21(2)19-33)27(35)16-22-15-23(29-26(34)8-9-31-10-12-38-13-11-31)6-7-24(22)39-25(20)18-30(3)41(36,37)28-5-4-14-40-28/h4-7,14-15,20-21,25,33H,8-13,16-19H2,1-3H3,(H,29,34)/t20-,21+,25-/m1/s1. The molecular weight excluding hydrogens is 568 g/mol. The van der Waals surface area contributed by atoms with Crippen molar-refractivity contribution >= 4 is 38.9 Å². The van der Waals surface area contributed by atoms with E-state index in [-0.39, 0.29) is 48.1 Å². The molecule has 3 atom stereocenters. The maximum atomic E-state index is 13.4. The number of rotatable bonds is 10. The van der Waals surface area contributed by atoms with Crippen LogP contribution in [0.15, 0.2) is 39.9 Å². The first-order valence-corrected chi connectivity index (χ1v) is 16.2. The molecule has 13 heteroatoms. The van der Waals surface area contributed by atoms with Crippen LogP contribution in [-0.4, -0.2) is 111 Å². The number of aliphatic hydroxyl groups excluding tert-OH is 1. The first-order valence-electron chi connectivity index (χ1n) is 13.9. The lowest BCUT2D eigenvalue weighted by molar-refractivity contribution is -0.134. The summed E-state index contributed by atoms with van der Waals surface area (Å²) >= 11 is 1.15. The maximum absolute atomic E-state index is 13.4. The number of likely N-dealkylation sites (N-methyl/N-ethyl adjacent to an activating group) is 1. The summed E-state index contributed by atoms with van der Waals surface area (Å²) in [5, 5.41) is 14.5. The monoisotopic (exact) mass is 608 g/mol. The van der Waals surface area contributed by atoms with Crippen LogP contribution in [0.3, 0.4) is 0 Å². The second-order valence-corrected chi connectivity index (χ2v) is 13.9. The van der Waals surface area contributed by atoms with Crippen LogP contribution in [0, 0.1) is 5.92 Å². The van der Waals surface area contributed by atoms with Gasteiger partial charge in [-0.25, -0.2) is 8.42 Å². The molecule has 1 aromatic carbocycles. The Morgan fingerprint density at radius 1 is 1.27 bits per heavy atom. The number of carbonyl (C=O) groups is 2. The summed E-state index contributed by atoms with van der Waals surface area (Å²) in [7, 11) is -2.19.